The first-order chi connectivity index (χ1) is 17.0. The molecule has 5 aliphatic carbocycles. The van der Waals surface area contributed by atoms with Crippen molar-refractivity contribution in [2.24, 2.45) is 50.2 Å². The van der Waals surface area contributed by atoms with Gasteiger partial charge in [-0.1, -0.05) is 54.0 Å². The Bertz CT molecular complexity index is 1130. The van der Waals surface area contributed by atoms with Crippen molar-refractivity contribution in [2.75, 3.05) is 7.11 Å². The molecule has 1 unspecified atom stereocenters. The van der Waals surface area contributed by atoms with Crippen LogP contribution in [-0.2, 0) is 19.1 Å². The van der Waals surface area contributed by atoms with Gasteiger partial charge in [-0.05, 0) is 90.9 Å². The lowest BCUT2D eigenvalue weighted by atomic mass is 9.33. The average Bonchev–Trinajstić information content (AvgIpc) is 2.82. The van der Waals surface area contributed by atoms with Crippen molar-refractivity contribution < 1.29 is 24.2 Å². The fourth-order valence-electron chi connectivity index (χ4n) is 10.5. The Kier molecular flexibility index (Phi) is 5.64. The number of aliphatic hydroxyl groups excluding tert-OH is 1. The van der Waals surface area contributed by atoms with Gasteiger partial charge in [0.05, 0.1) is 18.8 Å². The van der Waals surface area contributed by atoms with Gasteiger partial charge in [-0.3, -0.25) is 14.4 Å². The van der Waals surface area contributed by atoms with E-state index in [0.717, 1.165) is 51.2 Å². The second-order valence-corrected chi connectivity index (χ2v) is 15.2. The zero-order valence-electron chi connectivity index (χ0n) is 24.1. The van der Waals surface area contributed by atoms with Gasteiger partial charge in [0.15, 0.2) is 11.6 Å². The Morgan fingerprint density at radius 3 is 2.27 bits per heavy atom. The molecule has 0 spiro atoms. The van der Waals surface area contributed by atoms with Crippen LogP contribution in [0.3, 0.4) is 0 Å². The largest absolute Gasteiger partial charge is 0.515 e. The number of Topliss-reactive ketones (excluding diaryl/α,β-unsaturated/α-hetero) is 1. The number of hydrogen-bond donors (Lipinski definition) is 1. The van der Waals surface area contributed by atoms with E-state index in [2.05, 4.69) is 34.6 Å². The Labute approximate surface area is 222 Å². The number of hydrogen-bond acceptors (Lipinski definition) is 5. The lowest BCUT2D eigenvalue weighted by Gasteiger charge is -2.69. The van der Waals surface area contributed by atoms with Gasteiger partial charge in [-0.15, -0.1) is 0 Å². The van der Waals surface area contributed by atoms with Crippen LogP contribution >= 0.6 is 0 Å². The minimum atomic E-state index is -0.607. The average molecular weight is 511 g/mol. The number of carbonyl (C=O) groups excluding carboxylic acids is 3. The molecule has 0 aromatic heterocycles. The maximum Gasteiger partial charge on any atom is 0.312 e. The molecule has 5 heteroatoms. The standard InChI is InChI=1S/C32H46O5/c1-27(2)11-13-32(26(36)37-8)14-12-31(7)24(20(32)17-27)21(34)15-23-29(5)16-19(18-33)25(35)28(3,4)22(29)9-10-30(23,31)6/h15,18,20,22,24,33H,9-14,16-17H2,1-8H3/t20-,22?,24+,29+,30-,31-,32+/m1/s1. The summed E-state index contributed by atoms with van der Waals surface area (Å²) >= 11 is 0. The highest BCUT2D eigenvalue weighted by Crippen LogP contribution is 2.75. The quantitative estimate of drug-likeness (QED) is 0.239. The van der Waals surface area contributed by atoms with Crippen LogP contribution in [0.25, 0.3) is 0 Å². The van der Waals surface area contributed by atoms with Crippen molar-refractivity contribution in [1.29, 1.82) is 0 Å². The Morgan fingerprint density at radius 1 is 1.00 bits per heavy atom. The van der Waals surface area contributed by atoms with Crippen molar-refractivity contribution in [1.82, 2.24) is 0 Å². The predicted octanol–water partition coefficient (Wildman–Crippen LogP) is 6.76. The summed E-state index contributed by atoms with van der Waals surface area (Å²) in [4.78, 5) is 41.0. The zero-order valence-corrected chi connectivity index (χ0v) is 24.1. The first-order valence-corrected chi connectivity index (χ1v) is 14.3. The summed E-state index contributed by atoms with van der Waals surface area (Å²) in [6, 6.07) is 0. The minimum Gasteiger partial charge on any atom is -0.515 e. The summed E-state index contributed by atoms with van der Waals surface area (Å²) in [6.07, 6.45) is 9.42. The molecule has 0 bridgehead atoms. The molecule has 5 rings (SSSR count). The van der Waals surface area contributed by atoms with E-state index in [0.29, 0.717) is 12.0 Å². The maximum atomic E-state index is 14.4. The molecule has 0 aromatic carbocycles. The van der Waals surface area contributed by atoms with Crippen LogP contribution in [0, 0.1) is 50.2 Å². The molecule has 0 aromatic rings. The molecule has 5 nitrogen and oxygen atoms in total. The number of carbonyl (C=O) groups is 3. The third-order valence-electron chi connectivity index (χ3n) is 12.7. The molecule has 0 heterocycles. The summed E-state index contributed by atoms with van der Waals surface area (Å²) in [5.41, 5.74) is -0.375. The van der Waals surface area contributed by atoms with E-state index in [1.54, 1.807) is 0 Å². The normalized spacial score (nSPS) is 47.2. The maximum absolute atomic E-state index is 14.4. The monoisotopic (exact) mass is 510 g/mol. The Morgan fingerprint density at radius 2 is 1.65 bits per heavy atom. The number of ether oxygens (including phenoxy) is 1. The third-order valence-corrected chi connectivity index (χ3v) is 12.7. The SMILES string of the molecule is COC(=O)[C@]12CCC(C)(C)C[C@@H]1[C@H]1C(=O)C=C3[C@@]4(C)CC(=CO)C(=O)C(C)(C)C4CC[C@@]3(C)[C@]1(C)CC2. The Balaban J connectivity index is 1.68. The zero-order chi connectivity index (χ0) is 27.4. The second kappa shape index (κ2) is 7.82. The first-order valence-electron chi connectivity index (χ1n) is 14.3. The highest BCUT2D eigenvalue weighted by molar-refractivity contribution is 6.01. The van der Waals surface area contributed by atoms with Crippen LogP contribution in [0.1, 0.15) is 99.8 Å². The number of aliphatic hydroxyl groups is 1. The van der Waals surface area contributed by atoms with Crippen LogP contribution in [-0.4, -0.2) is 29.8 Å². The lowest BCUT2D eigenvalue weighted by Crippen LogP contribution is -2.66. The number of fused-ring (bicyclic) bond motifs is 7. The molecule has 4 saturated carbocycles. The molecular weight excluding hydrogens is 464 g/mol. The van der Waals surface area contributed by atoms with E-state index >= 15 is 0 Å². The van der Waals surface area contributed by atoms with Gasteiger partial charge in [0.1, 0.15) is 0 Å². The molecule has 204 valence electrons. The van der Waals surface area contributed by atoms with Gasteiger partial charge in [0.25, 0.3) is 0 Å². The number of ketones is 2. The predicted molar refractivity (Wildman–Crippen MR) is 143 cm³/mol. The highest BCUT2D eigenvalue weighted by Gasteiger charge is 2.71. The van der Waals surface area contributed by atoms with Gasteiger partial charge in [-0.25, -0.2) is 0 Å². The second-order valence-electron chi connectivity index (χ2n) is 15.2. The van der Waals surface area contributed by atoms with Crippen molar-refractivity contribution in [3.63, 3.8) is 0 Å². The first kappa shape index (κ1) is 26.7. The molecule has 5 aliphatic rings. The molecule has 4 fully saturated rings. The molecule has 0 amide bonds. The van der Waals surface area contributed by atoms with Crippen LogP contribution in [0.5, 0.6) is 0 Å². The molecular formula is C32H46O5. The van der Waals surface area contributed by atoms with E-state index in [1.807, 2.05) is 19.9 Å². The van der Waals surface area contributed by atoms with E-state index in [4.69, 9.17) is 4.74 Å². The molecule has 37 heavy (non-hydrogen) atoms. The van der Waals surface area contributed by atoms with Gasteiger partial charge in [-0.2, -0.15) is 0 Å². The van der Waals surface area contributed by atoms with Crippen molar-refractivity contribution in [3.05, 3.63) is 23.5 Å². The number of esters is 1. The van der Waals surface area contributed by atoms with Gasteiger partial charge < -0.3 is 9.84 Å². The number of allylic oxidation sites excluding steroid dienone is 3. The van der Waals surface area contributed by atoms with Gasteiger partial charge in [0, 0.05) is 16.9 Å². The van der Waals surface area contributed by atoms with Gasteiger partial charge >= 0.3 is 5.97 Å². The number of methoxy groups -OCH3 is 1. The highest BCUT2D eigenvalue weighted by atomic mass is 16.5. The molecule has 0 aliphatic heterocycles. The lowest BCUT2D eigenvalue weighted by molar-refractivity contribution is -0.192. The topological polar surface area (TPSA) is 80.7 Å². The molecule has 0 radical (unpaired) electrons. The van der Waals surface area contributed by atoms with E-state index < -0.39 is 10.8 Å². The van der Waals surface area contributed by atoms with Crippen molar-refractivity contribution in [3.8, 4) is 0 Å². The van der Waals surface area contributed by atoms with Crippen LogP contribution in [0.2, 0.25) is 0 Å². The van der Waals surface area contributed by atoms with Crippen LogP contribution in [0.15, 0.2) is 23.5 Å². The summed E-state index contributed by atoms with van der Waals surface area (Å²) in [5, 5.41) is 10.0. The molecule has 0 saturated heterocycles. The van der Waals surface area contributed by atoms with Crippen LogP contribution < -0.4 is 0 Å². The van der Waals surface area contributed by atoms with Crippen molar-refractivity contribution >= 4 is 17.5 Å². The van der Waals surface area contributed by atoms with Crippen LogP contribution in [0.4, 0.5) is 0 Å². The fraction of sp³-hybridized carbons (Fsp3) is 0.781. The summed E-state index contributed by atoms with van der Waals surface area (Å²) < 4.78 is 5.41. The minimum absolute atomic E-state index is 0.0258. The summed E-state index contributed by atoms with van der Waals surface area (Å²) in [5.74, 6) is -0.111. The third kappa shape index (κ3) is 3.18. The van der Waals surface area contributed by atoms with E-state index in [-0.39, 0.29) is 56.9 Å². The summed E-state index contributed by atoms with van der Waals surface area (Å²) in [6.45, 7) is 15.4. The molecule has 7 atom stereocenters. The summed E-state index contributed by atoms with van der Waals surface area (Å²) in [7, 11) is 1.49. The van der Waals surface area contributed by atoms with E-state index in [9.17, 15) is 19.5 Å². The fourth-order valence-corrected chi connectivity index (χ4v) is 10.5. The van der Waals surface area contributed by atoms with E-state index in [1.165, 1.54) is 12.7 Å². The van der Waals surface area contributed by atoms with Gasteiger partial charge in [0.2, 0.25) is 0 Å². The smallest absolute Gasteiger partial charge is 0.312 e. The molecule has 1 N–H and O–H groups in total. The van der Waals surface area contributed by atoms with Crippen molar-refractivity contribution in [2.45, 2.75) is 99.8 Å². The number of rotatable bonds is 1. The Hall–Kier alpha value is -1.91.